The van der Waals surface area contributed by atoms with Gasteiger partial charge in [0.05, 0.1) is 10.5 Å². The summed E-state index contributed by atoms with van der Waals surface area (Å²) in [4.78, 5) is 0. The molecule has 0 N–H and O–H groups in total. The molecule has 2 aromatic rings. The van der Waals surface area contributed by atoms with E-state index in [1.807, 2.05) is 12.1 Å². The Labute approximate surface area is 158 Å². The molecule has 4 rings (SSSR count). The second-order valence-electron chi connectivity index (χ2n) is 7.57. The second kappa shape index (κ2) is 7.82. The highest BCUT2D eigenvalue weighted by molar-refractivity contribution is 7.93. The monoisotopic (exact) mass is 386 g/mol. The van der Waals surface area contributed by atoms with Gasteiger partial charge in [0, 0.05) is 5.66 Å². The summed E-state index contributed by atoms with van der Waals surface area (Å²) in [7, 11) is -3.68. The molecule has 0 amide bonds. The Bertz CT molecular complexity index is 774. The van der Waals surface area contributed by atoms with Crippen LogP contribution in [0.2, 0.25) is 0 Å². The minimum absolute atomic E-state index is 0.0866. The first-order valence-corrected chi connectivity index (χ1v) is 12.8. The molecule has 2 aliphatic rings. The molecule has 0 aliphatic heterocycles. The highest BCUT2D eigenvalue weighted by Crippen LogP contribution is 2.50. The molecular formula is C22H27O2PS. The van der Waals surface area contributed by atoms with Crippen molar-refractivity contribution in [1.29, 1.82) is 0 Å². The van der Waals surface area contributed by atoms with E-state index >= 15 is 0 Å². The zero-order chi connectivity index (χ0) is 18.0. The van der Waals surface area contributed by atoms with Gasteiger partial charge in [-0.25, -0.2) is 8.42 Å². The van der Waals surface area contributed by atoms with Gasteiger partial charge in [0.15, 0.2) is 9.84 Å². The molecule has 2 atom stereocenters. The van der Waals surface area contributed by atoms with Gasteiger partial charge in [-0.2, -0.15) is 0 Å². The fourth-order valence-electron chi connectivity index (χ4n) is 4.76. The second-order valence-corrected chi connectivity index (χ2v) is 12.5. The molecule has 4 heteroatoms. The maximum atomic E-state index is 13.4. The SMILES string of the molecule is O=S(=O)(C1CCCC1)[C@@H]1CCCC1P(c1ccccc1)c1ccccc1. The minimum atomic E-state index is -3.03. The van der Waals surface area contributed by atoms with E-state index in [0.717, 1.165) is 44.9 Å². The van der Waals surface area contributed by atoms with Crippen molar-refractivity contribution in [3.8, 4) is 0 Å². The zero-order valence-corrected chi connectivity index (χ0v) is 16.8. The normalized spacial score (nSPS) is 24.3. The molecule has 0 bridgehead atoms. The average molecular weight is 386 g/mol. The van der Waals surface area contributed by atoms with Crippen LogP contribution in [0, 0.1) is 0 Å². The van der Waals surface area contributed by atoms with Crippen LogP contribution in [-0.2, 0) is 9.84 Å². The third kappa shape index (κ3) is 3.49. The highest BCUT2D eigenvalue weighted by atomic mass is 32.2. The van der Waals surface area contributed by atoms with Crippen molar-refractivity contribution in [2.24, 2.45) is 0 Å². The van der Waals surface area contributed by atoms with E-state index in [1.54, 1.807) is 0 Å². The van der Waals surface area contributed by atoms with Crippen molar-refractivity contribution in [3.63, 3.8) is 0 Å². The Morgan fingerprint density at radius 3 is 1.77 bits per heavy atom. The third-order valence-electron chi connectivity index (χ3n) is 6.01. The van der Waals surface area contributed by atoms with Crippen molar-refractivity contribution in [3.05, 3.63) is 60.7 Å². The first kappa shape index (κ1) is 18.2. The molecule has 0 spiro atoms. The van der Waals surface area contributed by atoms with E-state index in [4.69, 9.17) is 0 Å². The first-order valence-electron chi connectivity index (χ1n) is 9.80. The number of sulfone groups is 1. The van der Waals surface area contributed by atoms with Crippen LogP contribution in [0.25, 0.3) is 0 Å². The molecule has 0 saturated heterocycles. The molecule has 2 aromatic carbocycles. The van der Waals surface area contributed by atoms with Crippen molar-refractivity contribution < 1.29 is 8.42 Å². The maximum absolute atomic E-state index is 13.4. The lowest BCUT2D eigenvalue weighted by Crippen LogP contribution is -2.38. The lowest BCUT2D eigenvalue weighted by molar-refractivity contribution is 0.564. The third-order valence-corrected chi connectivity index (χ3v) is 12.0. The minimum Gasteiger partial charge on any atom is -0.228 e. The molecule has 0 radical (unpaired) electrons. The Morgan fingerprint density at radius 1 is 0.692 bits per heavy atom. The van der Waals surface area contributed by atoms with E-state index in [0.29, 0.717) is 0 Å². The fourth-order valence-corrected chi connectivity index (χ4v) is 11.2. The molecular weight excluding hydrogens is 359 g/mol. The van der Waals surface area contributed by atoms with Crippen LogP contribution in [0.3, 0.4) is 0 Å². The highest BCUT2D eigenvalue weighted by Gasteiger charge is 2.45. The van der Waals surface area contributed by atoms with Crippen molar-refractivity contribution >= 4 is 28.4 Å². The Hall–Kier alpha value is -1.18. The summed E-state index contributed by atoms with van der Waals surface area (Å²) in [5.41, 5.74) is 0.250. The molecule has 2 aliphatic carbocycles. The van der Waals surface area contributed by atoms with Crippen LogP contribution in [0.5, 0.6) is 0 Å². The van der Waals surface area contributed by atoms with Gasteiger partial charge in [0.1, 0.15) is 0 Å². The van der Waals surface area contributed by atoms with E-state index in [9.17, 15) is 8.42 Å². The Morgan fingerprint density at radius 2 is 1.23 bits per heavy atom. The number of benzene rings is 2. The van der Waals surface area contributed by atoms with E-state index < -0.39 is 17.8 Å². The molecule has 138 valence electrons. The average Bonchev–Trinajstić information content (AvgIpc) is 3.37. The summed E-state index contributed by atoms with van der Waals surface area (Å²) in [6.07, 6.45) is 6.83. The van der Waals surface area contributed by atoms with Gasteiger partial charge in [0.2, 0.25) is 0 Å². The van der Waals surface area contributed by atoms with E-state index in [-0.39, 0.29) is 16.2 Å². The molecule has 2 saturated carbocycles. The number of hydrogen-bond acceptors (Lipinski definition) is 2. The van der Waals surface area contributed by atoms with Crippen LogP contribution in [-0.4, -0.2) is 24.6 Å². The van der Waals surface area contributed by atoms with Crippen LogP contribution < -0.4 is 10.6 Å². The van der Waals surface area contributed by atoms with Gasteiger partial charge in [-0.05, 0) is 44.2 Å². The fraction of sp³-hybridized carbons (Fsp3) is 0.455. The first-order chi connectivity index (χ1) is 12.7. The topological polar surface area (TPSA) is 34.1 Å². The molecule has 26 heavy (non-hydrogen) atoms. The van der Waals surface area contributed by atoms with Crippen molar-refractivity contribution in [2.75, 3.05) is 0 Å². The predicted molar refractivity (Wildman–Crippen MR) is 112 cm³/mol. The summed E-state index contributed by atoms with van der Waals surface area (Å²) >= 11 is 0. The smallest absolute Gasteiger partial charge is 0.156 e. The van der Waals surface area contributed by atoms with Gasteiger partial charge in [0.25, 0.3) is 0 Å². The quantitative estimate of drug-likeness (QED) is 0.714. The molecule has 0 heterocycles. The molecule has 2 fully saturated rings. The van der Waals surface area contributed by atoms with Crippen LogP contribution in [0.15, 0.2) is 60.7 Å². The maximum Gasteiger partial charge on any atom is 0.156 e. The van der Waals surface area contributed by atoms with Gasteiger partial charge < -0.3 is 0 Å². The van der Waals surface area contributed by atoms with Gasteiger partial charge in [-0.15, -0.1) is 0 Å². The summed E-state index contributed by atoms with van der Waals surface area (Å²) in [5, 5.41) is 2.38. The van der Waals surface area contributed by atoms with Crippen LogP contribution >= 0.6 is 7.92 Å². The standard InChI is InChI=1S/C22H27O2PS/c23-26(24,20-14-7-8-15-20)22-17-9-16-21(22)25(18-10-3-1-4-11-18)19-12-5-2-6-13-19/h1-6,10-13,20-22H,7-9,14-17H2/t21?,22-/m1/s1. The number of rotatable bonds is 5. The Kier molecular flexibility index (Phi) is 5.47. The van der Waals surface area contributed by atoms with Gasteiger partial charge >= 0.3 is 0 Å². The van der Waals surface area contributed by atoms with Crippen molar-refractivity contribution in [2.45, 2.75) is 61.1 Å². The largest absolute Gasteiger partial charge is 0.228 e. The van der Waals surface area contributed by atoms with Crippen LogP contribution in [0.1, 0.15) is 44.9 Å². The van der Waals surface area contributed by atoms with E-state index in [1.165, 1.54) is 10.6 Å². The van der Waals surface area contributed by atoms with Crippen molar-refractivity contribution in [1.82, 2.24) is 0 Å². The molecule has 2 nitrogen and oxygen atoms in total. The summed E-state index contributed by atoms with van der Waals surface area (Å²) in [6, 6.07) is 21.2. The van der Waals surface area contributed by atoms with E-state index in [2.05, 4.69) is 48.5 Å². The summed E-state index contributed by atoms with van der Waals surface area (Å²) in [5.74, 6) is 0. The zero-order valence-electron chi connectivity index (χ0n) is 15.1. The number of hydrogen-bond donors (Lipinski definition) is 0. The summed E-state index contributed by atoms with van der Waals surface area (Å²) in [6.45, 7) is 0. The lowest BCUT2D eigenvalue weighted by Gasteiger charge is -2.31. The predicted octanol–water partition coefficient (Wildman–Crippen LogP) is 4.40. The van der Waals surface area contributed by atoms with Gasteiger partial charge in [-0.1, -0.05) is 79.9 Å². The summed E-state index contributed by atoms with van der Waals surface area (Å²) < 4.78 is 26.8. The molecule has 0 aromatic heterocycles. The lowest BCUT2D eigenvalue weighted by atomic mass is 10.3. The van der Waals surface area contributed by atoms with Crippen LogP contribution in [0.4, 0.5) is 0 Å². The Balaban J connectivity index is 1.73. The molecule has 1 unspecified atom stereocenters. The van der Waals surface area contributed by atoms with Gasteiger partial charge in [-0.3, -0.25) is 0 Å².